The first-order valence-corrected chi connectivity index (χ1v) is 9.15. The number of benzene rings is 1. The van der Waals surface area contributed by atoms with E-state index >= 15 is 0 Å². The van der Waals surface area contributed by atoms with Gasteiger partial charge in [0.05, 0.1) is 9.83 Å². The largest absolute Gasteiger partial charge is 0.306 e. The summed E-state index contributed by atoms with van der Waals surface area (Å²) in [5.41, 5.74) is 2.70. The molecule has 1 N–H and O–H groups in total. The summed E-state index contributed by atoms with van der Waals surface area (Å²) in [4.78, 5) is 1.37. The van der Waals surface area contributed by atoms with Crippen LogP contribution in [0.3, 0.4) is 0 Å². The van der Waals surface area contributed by atoms with Crippen molar-refractivity contribution < 1.29 is 0 Å². The number of fused-ring (bicyclic) bond motifs is 1. The van der Waals surface area contributed by atoms with E-state index in [1.807, 2.05) is 22.7 Å². The van der Waals surface area contributed by atoms with Gasteiger partial charge in [-0.1, -0.05) is 25.1 Å². The second-order valence-corrected chi connectivity index (χ2v) is 8.10. The summed E-state index contributed by atoms with van der Waals surface area (Å²) >= 11 is 7.30. The lowest BCUT2D eigenvalue weighted by Crippen LogP contribution is -2.20. The van der Waals surface area contributed by atoms with Gasteiger partial charge in [0, 0.05) is 9.58 Å². The summed E-state index contributed by atoms with van der Waals surface area (Å²) in [5.74, 6) is 0. The van der Waals surface area contributed by atoms with Gasteiger partial charge in [-0.15, -0.1) is 22.7 Å². The van der Waals surface area contributed by atoms with Crippen LogP contribution in [0.5, 0.6) is 0 Å². The fourth-order valence-electron chi connectivity index (χ4n) is 2.42. The van der Waals surface area contributed by atoms with E-state index in [9.17, 15) is 0 Å². The second-order valence-electron chi connectivity index (χ2n) is 4.78. The Kier molecular flexibility index (Phi) is 4.26. The minimum Gasteiger partial charge on any atom is -0.306 e. The van der Waals surface area contributed by atoms with E-state index in [2.05, 4.69) is 70.8 Å². The van der Waals surface area contributed by atoms with Gasteiger partial charge in [-0.2, -0.15) is 0 Å². The molecule has 0 saturated heterocycles. The summed E-state index contributed by atoms with van der Waals surface area (Å²) < 4.78 is 2.59. The third kappa shape index (κ3) is 2.58. The first kappa shape index (κ1) is 14.3. The Labute approximate surface area is 135 Å². The minimum atomic E-state index is 0.283. The van der Waals surface area contributed by atoms with Gasteiger partial charge < -0.3 is 5.32 Å². The molecule has 0 bridgehead atoms. The Morgan fingerprint density at radius 2 is 2.10 bits per heavy atom. The molecule has 0 aliphatic heterocycles. The van der Waals surface area contributed by atoms with E-state index in [0.717, 1.165) is 6.54 Å². The molecule has 0 spiro atoms. The van der Waals surface area contributed by atoms with E-state index in [-0.39, 0.29) is 6.04 Å². The van der Waals surface area contributed by atoms with E-state index < -0.39 is 0 Å². The fourth-order valence-corrected chi connectivity index (χ4v) is 5.07. The Balaban J connectivity index is 2.10. The maximum absolute atomic E-state index is 3.64. The van der Waals surface area contributed by atoms with E-state index in [0.29, 0.717) is 0 Å². The normalized spacial score (nSPS) is 12.9. The Morgan fingerprint density at radius 3 is 2.80 bits per heavy atom. The van der Waals surface area contributed by atoms with Crippen molar-refractivity contribution in [3.8, 4) is 0 Å². The van der Waals surface area contributed by atoms with Crippen molar-refractivity contribution in [2.24, 2.45) is 0 Å². The van der Waals surface area contributed by atoms with Crippen molar-refractivity contribution >= 4 is 48.7 Å². The summed E-state index contributed by atoms with van der Waals surface area (Å²) in [5, 5.41) is 7.29. The van der Waals surface area contributed by atoms with Crippen LogP contribution in [-0.2, 0) is 0 Å². The molecule has 2 heterocycles. The Hall–Kier alpha value is -0.680. The van der Waals surface area contributed by atoms with Crippen LogP contribution in [0, 0.1) is 6.92 Å². The quantitative estimate of drug-likeness (QED) is 0.622. The predicted molar refractivity (Wildman–Crippen MR) is 94.1 cm³/mol. The highest BCUT2D eigenvalue weighted by molar-refractivity contribution is 9.11. The molecule has 1 aromatic carbocycles. The standard InChI is InChI=1S/C16H16BrNS2/c1-3-18-15(14-8-10(2)16(17)20-14)12-9-19-13-7-5-4-6-11(12)13/h4-9,15,18H,3H2,1-2H3. The molecule has 1 atom stereocenters. The number of hydrogen-bond acceptors (Lipinski definition) is 3. The van der Waals surface area contributed by atoms with Crippen LogP contribution in [0.1, 0.15) is 29.0 Å². The summed E-state index contributed by atoms with van der Waals surface area (Å²) in [6.07, 6.45) is 0. The summed E-state index contributed by atoms with van der Waals surface area (Å²) in [6.45, 7) is 5.28. The maximum Gasteiger partial charge on any atom is 0.0731 e. The summed E-state index contributed by atoms with van der Waals surface area (Å²) in [6, 6.07) is 11.2. The fraction of sp³-hybridized carbons (Fsp3) is 0.250. The number of rotatable bonds is 4. The molecule has 3 rings (SSSR count). The maximum atomic E-state index is 3.64. The van der Waals surface area contributed by atoms with Crippen LogP contribution in [0.25, 0.3) is 10.1 Å². The topological polar surface area (TPSA) is 12.0 Å². The first-order valence-electron chi connectivity index (χ1n) is 6.66. The molecule has 104 valence electrons. The van der Waals surface area contributed by atoms with Crippen LogP contribution in [0.2, 0.25) is 0 Å². The molecule has 20 heavy (non-hydrogen) atoms. The molecule has 0 radical (unpaired) electrons. The average Bonchev–Trinajstić information content (AvgIpc) is 3.01. The molecular weight excluding hydrogens is 350 g/mol. The van der Waals surface area contributed by atoms with Gasteiger partial charge in [-0.25, -0.2) is 0 Å². The highest BCUT2D eigenvalue weighted by Gasteiger charge is 2.19. The van der Waals surface area contributed by atoms with E-state index in [1.165, 1.54) is 29.9 Å². The van der Waals surface area contributed by atoms with Crippen LogP contribution in [0.15, 0.2) is 39.5 Å². The lowest BCUT2D eigenvalue weighted by atomic mass is 10.0. The number of halogens is 1. The van der Waals surface area contributed by atoms with Gasteiger partial charge in [-0.05, 0) is 63.4 Å². The van der Waals surface area contributed by atoms with E-state index in [4.69, 9.17) is 0 Å². The highest BCUT2D eigenvalue weighted by Crippen LogP contribution is 2.38. The number of aryl methyl sites for hydroxylation is 1. The van der Waals surface area contributed by atoms with E-state index in [1.54, 1.807) is 0 Å². The lowest BCUT2D eigenvalue weighted by molar-refractivity contribution is 0.644. The van der Waals surface area contributed by atoms with Gasteiger partial charge in [-0.3, -0.25) is 0 Å². The van der Waals surface area contributed by atoms with Crippen LogP contribution < -0.4 is 5.32 Å². The molecular formula is C16H16BrNS2. The monoisotopic (exact) mass is 365 g/mol. The van der Waals surface area contributed by atoms with Crippen molar-refractivity contribution in [3.05, 3.63) is 55.5 Å². The molecule has 0 aliphatic carbocycles. The molecule has 4 heteroatoms. The molecule has 1 nitrogen and oxygen atoms in total. The number of thiophene rings is 2. The van der Waals surface area contributed by atoms with Gasteiger partial charge in [0.15, 0.2) is 0 Å². The number of hydrogen-bond donors (Lipinski definition) is 1. The molecule has 0 aliphatic rings. The van der Waals surface area contributed by atoms with Crippen LogP contribution in [0.4, 0.5) is 0 Å². The molecule has 0 fully saturated rings. The van der Waals surface area contributed by atoms with Crippen LogP contribution >= 0.6 is 38.6 Å². The third-order valence-corrected chi connectivity index (χ3v) is 6.57. The minimum absolute atomic E-state index is 0.283. The van der Waals surface area contributed by atoms with Crippen LogP contribution in [-0.4, -0.2) is 6.54 Å². The number of nitrogens with one attached hydrogen (secondary N) is 1. The van der Waals surface area contributed by atoms with Crippen molar-refractivity contribution in [2.75, 3.05) is 6.54 Å². The molecule has 1 unspecified atom stereocenters. The molecule has 2 aromatic heterocycles. The van der Waals surface area contributed by atoms with Crippen molar-refractivity contribution in [3.63, 3.8) is 0 Å². The molecule has 3 aromatic rings. The van der Waals surface area contributed by atoms with Crippen molar-refractivity contribution in [1.29, 1.82) is 0 Å². The summed E-state index contributed by atoms with van der Waals surface area (Å²) in [7, 11) is 0. The third-order valence-electron chi connectivity index (χ3n) is 3.39. The molecule has 0 amide bonds. The van der Waals surface area contributed by atoms with Gasteiger partial charge in [0.25, 0.3) is 0 Å². The molecule has 0 saturated carbocycles. The Morgan fingerprint density at radius 1 is 1.30 bits per heavy atom. The predicted octanol–water partition coefficient (Wildman–Crippen LogP) is 5.73. The highest BCUT2D eigenvalue weighted by atomic mass is 79.9. The average molecular weight is 366 g/mol. The second kappa shape index (κ2) is 5.98. The Bertz CT molecular complexity index is 709. The SMILES string of the molecule is CCNC(c1cc(C)c(Br)s1)c1csc2ccccc12. The zero-order valence-electron chi connectivity index (χ0n) is 11.4. The lowest BCUT2D eigenvalue weighted by Gasteiger charge is -2.16. The first-order chi connectivity index (χ1) is 9.70. The van der Waals surface area contributed by atoms with Crippen molar-refractivity contribution in [1.82, 2.24) is 5.32 Å². The van der Waals surface area contributed by atoms with Gasteiger partial charge in [0.1, 0.15) is 0 Å². The smallest absolute Gasteiger partial charge is 0.0731 e. The zero-order valence-corrected chi connectivity index (χ0v) is 14.7. The van der Waals surface area contributed by atoms with Gasteiger partial charge in [0.2, 0.25) is 0 Å². The van der Waals surface area contributed by atoms with Crippen molar-refractivity contribution in [2.45, 2.75) is 19.9 Å². The zero-order chi connectivity index (χ0) is 14.1. The van der Waals surface area contributed by atoms with Gasteiger partial charge >= 0.3 is 0 Å².